The molecule has 5 nitrogen and oxygen atoms in total. The fraction of sp³-hybridized carbons (Fsp3) is 0.333. The molecule has 0 radical (unpaired) electrons. The largest absolute Gasteiger partial charge is 0.335 e. The van der Waals surface area contributed by atoms with Gasteiger partial charge in [0.25, 0.3) is 5.91 Å². The van der Waals surface area contributed by atoms with Gasteiger partial charge in [0.15, 0.2) is 9.84 Å². The van der Waals surface area contributed by atoms with E-state index < -0.39 is 26.8 Å². The van der Waals surface area contributed by atoms with E-state index in [0.717, 1.165) is 34.1 Å². The van der Waals surface area contributed by atoms with E-state index in [2.05, 4.69) is 4.98 Å². The van der Waals surface area contributed by atoms with Gasteiger partial charge in [0, 0.05) is 7.05 Å². The van der Waals surface area contributed by atoms with Crippen molar-refractivity contribution in [2.24, 2.45) is 0 Å². The predicted molar refractivity (Wildman–Crippen MR) is 111 cm³/mol. The molecule has 3 aromatic rings. The molecule has 152 valence electrons. The Balaban J connectivity index is 1.58. The Morgan fingerprint density at radius 3 is 2.66 bits per heavy atom. The standard InChI is InChI=1S/C21H21FN2O3S2/c1-24(13-20-23-18-8-4-5-9-19(18)28-20)21(25)16-12-15(10-11-17(16)22)29(26,27)14-6-2-3-7-14/h4-5,8-12,14H,2-3,6-7,13H2,1H3. The quantitative estimate of drug-likeness (QED) is 0.560. The van der Waals surface area contributed by atoms with Crippen LogP contribution in [0.4, 0.5) is 4.39 Å². The molecule has 0 atom stereocenters. The van der Waals surface area contributed by atoms with Crippen molar-refractivity contribution in [1.29, 1.82) is 0 Å². The molecule has 4 rings (SSSR count). The summed E-state index contributed by atoms with van der Waals surface area (Å²) >= 11 is 1.47. The molecule has 0 N–H and O–H groups in total. The van der Waals surface area contributed by atoms with Gasteiger partial charge < -0.3 is 4.90 Å². The van der Waals surface area contributed by atoms with Crippen molar-refractivity contribution in [3.05, 3.63) is 58.9 Å². The predicted octanol–water partition coefficient (Wildman–Crippen LogP) is 4.42. The molecular formula is C21H21FN2O3S2. The number of hydrogen-bond acceptors (Lipinski definition) is 5. The fourth-order valence-electron chi connectivity index (χ4n) is 3.70. The number of carbonyl (C=O) groups excluding carboxylic acids is 1. The van der Waals surface area contributed by atoms with Gasteiger partial charge in [-0.25, -0.2) is 17.8 Å². The van der Waals surface area contributed by atoms with Crippen LogP contribution in [0.2, 0.25) is 0 Å². The smallest absolute Gasteiger partial charge is 0.256 e. The number of carbonyl (C=O) groups is 1. The van der Waals surface area contributed by atoms with Crippen molar-refractivity contribution in [2.75, 3.05) is 7.05 Å². The highest BCUT2D eigenvalue weighted by molar-refractivity contribution is 7.92. The Morgan fingerprint density at radius 1 is 1.21 bits per heavy atom. The number of hydrogen-bond donors (Lipinski definition) is 0. The Bertz CT molecular complexity index is 1130. The molecule has 1 aromatic heterocycles. The topological polar surface area (TPSA) is 67.3 Å². The third-order valence-electron chi connectivity index (χ3n) is 5.30. The number of rotatable bonds is 5. The molecule has 8 heteroatoms. The number of fused-ring (bicyclic) bond motifs is 1. The van der Waals surface area contributed by atoms with Crippen LogP contribution in [0.15, 0.2) is 47.4 Å². The van der Waals surface area contributed by atoms with E-state index in [-0.39, 0.29) is 17.0 Å². The lowest BCUT2D eigenvalue weighted by atomic mass is 10.2. The molecule has 1 aliphatic carbocycles. The van der Waals surface area contributed by atoms with Crippen LogP contribution >= 0.6 is 11.3 Å². The van der Waals surface area contributed by atoms with E-state index in [1.165, 1.54) is 28.4 Å². The molecule has 2 aromatic carbocycles. The number of benzene rings is 2. The Kier molecular flexibility index (Phi) is 5.40. The van der Waals surface area contributed by atoms with Gasteiger partial charge >= 0.3 is 0 Å². The van der Waals surface area contributed by atoms with E-state index in [4.69, 9.17) is 0 Å². The highest BCUT2D eigenvalue weighted by Crippen LogP contribution is 2.30. The molecule has 0 spiro atoms. The van der Waals surface area contributed by atoms with Crippen LogP contribution in [0, 0.1) is 5.82 Å². The lowest BCUT2D eigenvalue weighted by molar-refractivity contribution is 0.0780. The summed E-state index contributed by atoms with van der Waals surface area (Å²) in [6, 6.07) is 11.2. The summed E-state index contributed by atoms with van der Waals surface area (Å²) in [6.07, 6.45) is 2.98. The molecule has 1 heterocycles. The number of nitrogens with zero attached hydrogens (tertiary/aromatic N) is 2. The molecular weight excluding hydrogens is 411 g/mol. The van der Waals surface area contributed by atoms with Crippen molar-refractivity contribution < 1.29 is 17.6 Å². The maximum Gasteiger partial charge on any atom is 0.256 e. The summed E-state index contributed by atoms with van der Waals surface area (Å²) in [5.74, 6) is -1.29. The molecule has 1 aliphatic rings. The van der Waals surface area contributed by atoms with Crippen LogP contribution in [0.5, 0.6) is 0 Å². The van der Waals surface area contributed by atoms with Crippen LogP contribution in [0.25, 0.3) is 10.2 Å². The third-order valence-corrected chi connectivity index (χ3v) is 8.58. The van der Waals surface area contributed by atoms with Gasteiger partial charge in [0.05, 0.1) is 32.5 Å². The van der Waals surface area contributed by atoms with Crippen molar-refractivity contribution in [1.82, 2.24) is 9.88 Å². The average Bonchev–Trinajstić information content (AvgIpc) is 3.37. The molecule has 0 bridgehead atoms. The average molecular weight is 433 g/mol. The maximum atomic E-state index is 14.4. The van der Waals surface area contributed by atoms with Crippen LogP contribution in [0.3, 0.4) is 0 Å². The van der Waals surface area contributed by atoms with E-state index in [9.17, 15) is 17.6 Å². The second kappa shape index (κ2) is 7.84. The monoisotopic (exact) mass is 432 g/mol. The second-order valence-electron chi connectivity index (χ2n) is 7.33. The van der Waals surface area contributed by atoms with Crippen LogP contribution in [-0.4, -0.2) is 36.5 Å². The molecule has 1 fully saturated rings. The van der Waals surface area contributed by atoms with Gasteiger partial charge in [-0.05, 0) is 43.2 Å². The zero-order valence-corrected chi connectivity index (χ0v) is 17.6. The molecule has 1 amide bonds. The summed E-state index contributed by atoms with van der Waals surface area (Å²) in [5.41, 5.74) is 0.622. The zero-order valence-electron chi connectivity index (χ0n) is 16.0. The van der Waals surface area contributed by atoms with Crippen molar-refractivity contribution in [2.45, 2.75) is 42.4 Å². The zero-order chi connectivity index (χ0) is 20.6. The minimum Gasteiger partial charge on any atom is -0.335 e. The van der Waals surface area contributed by atoms with Gasteiger partial charge in [-0.15, -0.1) is 11.3 Å². The maximum absolute atomic E-state index is 14.4. The molecule has 0 aliphatic heterocycles. The number of sulfone groups is 1. The second-order valence-corrected chi connectivity index (χ2v) is 10.7. The van der Waals surface area contributed by atoms with Crippen LogP contribution < -0.4 is 0 Å². The van der Waals surface area contributed by atoms with Crippen molar-refractivity contribution in [3.63, 3.8) is 0 Å². The van der Waals surface area contributed by atoms with Crippen LogP contribution in [0.1, 0.15) is 41.0 Å². The van der Waals surface area contributed by atoms with Gasteiger partial charge in [-0.3, -0.25) is 4.79 Å². The van der Waals surface area contributed by atoms with Gasteiger partial charge in [-0.2, -0.15) is 0 Å². The van der Waals surface area contributed by atoms with Gasteiger partial charge in [0.1, 0.15) is 10.8 Å². The fourth-order valence-corrected chi connectivity index (χ4v) is 6.60. The molecule has 0 saturated heterocycles. The first-order chi connectivity index (χ1) is 13.9. The number of amides is 1. The summed E-state index contributed by atoms with van der Waals surface area (Å²) in [4.78, 5) is 18.7. The minimum absolute atomic E-state index is 0.0162. The summed E-state index contributed by atoms with van der Waals surface area (Å²) in [7, 11) is -2.00. The van der Waals surface area contributed by atoms with E-state index in [0.29, 0.717) is 12.8 Å². The normalized spacial score (nSPS) is 15.1. The Morgan fingerprint density at radius 2 is 1.93 bits per heavy atom. The van der Waals surface area contributed by atoms with Gasteiger partial charge in [-0.1, -0.05) is 25.0 Å². The third kappa shape index (κ3) is 3.91. The lowest BCUT2D eigenvalue weighted by Gasteiger charge is -2.17. The van der Waals surface area contributed by atoms with Crippen molar-refractivity contribution >= 4 is 37.3 Å². The number of aromatic nitrogens is 1. The number of thiazole rings is 1. The first-order valence-corrected chi connectivity index (χ1v) is 11.9. The molecule has 29 heavy (non-hydrogen) atoms. The van der Waals surface area contributed by atoms with E-state index in [1.807, 2.05) is 24.3 Å². The summed E-state index contributed by atoms with van der Waals surface area (Å²) < 4.78 is 41.1. The summed E-state index contributed by atoms with van der Waals surface area (Å²) in [5, 5.41) is 0.286. The molecule has 1 saturated carbocycles. The van der Waals surface area contributed by atoms with Gasteiger partial charge in [0.2, 0.25) is 0 Å². The highest BCUT2D eigenvalue weighted by atomic mass is 32.2. The Labute approximate surface area is 173 Å². The minimum atomic E-state index is -3.56. The number of halogens is 1. The van der Waals surface area contributed by atoms with Crippen molar-refractivity contribution in [3.8, 4) is 0 Å². The SMILES string of the molecule is CN(Cc1nc2ccccc2s1)C(=O)c1cc(S(=O)(=O)C2CCCC2)ccc1F. The lowest BCUT2D eigenvalue weighted by Crippen LogP contribution is -2.27. The Hall–Kier alpha value is -2.32. The summed E-state index contributed by atoms with van der Waals surface area (Å²) in [6.45, 7) is 0.219. The molecule has 0 unspecified atom stereocenters. The first-order valence-electron chi connectivity index (χ1n) is 9.49. The van der Waals surface area contributed by atoms with E-state index >= 15 is 0 Å². The first kappa shape index (κ1) is 20.0. The van der Waals surface area contributed by atoms with E-state index in [1.54, 1.807) is 7.05 Å². The number of para-hydroxylation sites is 1. The highest BCUT2D eigenvalue weighted by Gasteiger charge is 2.31. The van der Waals surface area contributed by atoms with Crippen LogP contribution in [-0.2, 0) is 16.4 Å².